The lowest BCUT2D eigenvalue weighted by Crippen LogP contribution is -2.30. The van der Waals surface area contributed by atoms with E-state index >= 15 is 0 Å². The van der Waals surface area contributed by atoms with Crippen LogP contribution in [-0.4, -0.2) is 24.8 Å². The first-order valence-corrected chi connectivity index (χ1v) is 7.21. The molecule has 0 saturated carbocycles. The molecule has 2 N–H and O–H groups in total. The Morgan fingerprint density at radius 3 is 1.90 bits per heavy atom. The highest BCUT2D eigenvalue weighted by Crippen LogP contribution is 2.31. The summed E-state index contributed by atoms with van der Waals surface area (Å²) in [6, 6.07) is 15.1. The average Bonchev–Trinajstić information content (AvgIpc) is 2.39. The lowest BCUT2D eigenvalue weighted by Gasteiger charge is -2.24. The lowest BCUT2D eigenvalue weighted by atomic mass is 9.86. The highest BCUT2D eigenvalue weighted by atomic mass is 35.5. The van der Waals surface area contributed by atoms with Crippen molar-refractivity contribution in [2.75, 3.05) is 13.6 Å². The van der Waals surface area contributed by atoms with Crippen molar-refractivity contribution < 1.29 is 5.11 Å². The normalized spacial score (nSPS) is 12.7. The van der Waals surface area contributed by atoms with Crippen LogP contribution in [0, 0.1) is 0 Å². The topological polar surface area (TPSA) is 32.3 Å². The van der Waals surface area contributed by atoms with Gasteiger partial charge in [-0.15, -0.1) is 0 Å². The van der Waals surface area contributed by atoms with Gasteiger partial charge in [0.25, 0.3) is 0 Å². The summed E-state index contributed by atoms with van der Waals surface area (Å²) in [6.45, 7) is 0.490. The lowest BCUT2D eigenvalue weighted by molar-refractivity contribution is 0.156. The number of nitrogens with one attached hydrogen (secondary N) is 1. The Hall–Kier alpha value is -1.06. The molecule has 4 heteroatoms. The number of hydrogen-bond donors (Lipinski definition) is 2. The molecule has 0 aliphatic heterocycles. The van der Waals surface area contributed by atoms with E-state index in [1.807, 2.05) is 55.6 Å². The van der Waals surface area contributed by atoms with E-state index in [1.54, 1.807) is 0 Å². The van der Waals surface area contributed by atoms with E-state index in [-0.39, 0.29) is 5.92 Å². The molecule has 0 fully saturated rings. The second kappa shape index (κ2) is 7.09. The van der Waals surface area contributed by atoms with E-state index < -0.39 is 6.10 Å². The fourth-order valence-electron chi connectivity index (χ4n) is 2.36. The van der Waals surface area contributed by atoms with Crippen LogP contribution in [0.1, 0.15) is 17.0 Å². The van der Waals surface area contributed by atoms with Gasteiger partial charge in [-0.05, 0) is 42.4 Å². The van der Waals surface area contributed by atoms with Crippen molar-refractivity contribution in [3.8, 4) is 0 Å². The second-order valence-corrected chi connectivity index (χ2v) is 5.59. The van der Waals surface area contributed by atoms with E-state index in [0.717, 1.165) is 11.1 Å². The predicted octanol–water partition coefficient (Wildman–Crippen LogP) is 3.71. The third kappa shape index (κ3) is 3.74. The molecule has 106 valence electrons. The third-order valence-corrected chi connectivity index (χ3v) is 3.68. The highest BCUT2D eigenvalue weighted by Gasteiger charge is 2.23. The first-order valence-electron chi connectivity index (χ1n) is 6.45. The van der Waals surface area contributed by atoms with Gasteiger partial charge in [-0.1, -0.05) is 47.5 Å². The van der Waals surface area contributed by atoms with Gasteiger partial charge in [0.2, 0.25) is 0 Å². The molecular formula is C16H17Cl2NO. The molecule has 2 rings (SSSR count). The largest absolute Gasteiger partial charge is 0.391 e. The highest BCUT2D eigenvalue weighted by molar-refractivity contribution is 6.31. The first kappa shape index (κ1) is 15.3. The molecule has 0 saturated heterocycles. The number of rotatable bonds is 5. The number of aliphatic hydroxyl groups excluding tert-OH is 1. The van der Waals surface area contributed by atoms with E-state index in [1.165, 1.54) is 0 Å². The number of aliphatic hydroxyl groups is 1. The zero-order chi connectivity index (χ0) is 14.5. The maximum Gasteiger partial charge on any atom is 0.0773 e. The molecule has 0 radical (unpaired) electrons. The molecule has 20 heavy (non-hydrogen) atoms. The smallest absolute Gasteiger partial charge is 0.0773 e. The van der Waals surface area contributed by atoms with Gasteiger partial charge in [-0.25, -0.2) is 0 Å². The minimum Gasteiger partial charge on any atom is -0.391 e. The average molecular weight is 310 g/mol. The monoisotopic (exact) mass is 309 g/mol. The Morgan fingerprint density at radius 2 is 1.50 bits per heavy atom. The number of benzene rings is 2. The maximum atomic E-state index is 10.4. The van der Waals surface area contributed by atoms with E-state index in [0.29, 0.717) is 16.6 Å². The van der Waals surface area contributed by atoms with Crippen LogP contribution in [0.25, 0.3) is 0 Å². The number of likely N-dealkylation sites (N-methyl/N-ethyl adjacent to an activating group) is 1. The molecule has 0 aliphatic carbocycles. The van der Waals surface area contributed by atoms with Crippen molar-refractivity contribution in [1.82, 2.24) is 5.32 Å². The van der Waals surface area contributed by atoms with Gasteiger partial charge in [0, 0.05) is 22.5 Å². The van der Waals surface area contributed by atoms with Gasteiger partial charge in [0.1, 0.15) is 0 Å². The molecule has 0 aliphatic rings. The maximum absolute atomic E-state index is 10.4. The summed E-state index contributed by atoms with van der Waals surface area (Å²) in [5, 5.41) is 14.8. The van der Waals surface area contributed by atoms with Crippen LogP contribution in [0.15, 0.2) is 48.5 Å². The Labute approximate surface area is 129 Å². The van der Waals surface area contributed by atoms with Gasteiger partial charge in [0.15, 0.2) is 0 Å². The summed E-state index contributed by atoms with van der Waals surface area (Å²) in [5.41, 5.74) is 1.95. The first-order chi connectivity index (χ1) is 9.61. The van der Waals surface area contributed by atoms with Crippen LogP contribution in [0.5, 0.6) is 0 Å². The van der Waals surface area contributed by atoms with Crippen LogP contribution in [0.3, 0.4) is 0 Å². The zero-order valence-electron chi connectivity index (χ0n) is 11.2. The van der Waals surface area contributed by atoms with Crippen LogP contribution in [0.4, 0.5) is 0 Å². The Kier molecular flexibility index (Phi) is 5.44. The molecule has 2 nitrogen and oxygen atoms in total. The van der Waals surface area contributed by atoms with Crippen LogP contribution >= 0.6 is 23.2 Å². The Morgan fingerprint density at radius 1 is 1.00 bits per heavy atom. The summed E-state index contributed by atoms with van der Waals surface area (Å²) in [5.74, 6) is -0.167. The molecule has 0 heterocycles. The number of halogens is 2. The van der Waals surface area contributed by atoms with Crippen molar-refractivity contribution in [3.05, 3.63) is 69.7 Å². The summed E-state index contributed by atoms with van der Waals surface area (Å²) >= 11 is 12.1. The summed E-state index contributed by atoms with van der Waals surface area (Å²) in [7, 11) is 1.82. The van der Waals surface area contributed by atoms with Crippen molar-refractivity contribution in [2.45, 2.75) is 12.0 Å². The van der Waals surface area contributed by atoms with Crippen molar-refractivity contribution >= 4 is 23.2 Å². The van der Waals surface area contributed by atoms with Crippen molar-refractivity contribution in [3.63, 3.8) is 0 Å². The van der Waals surface area contributed by atoms with E-state index in [2.05, 4.69) is 5.32 Å². The molecular weight excluding hydrogens is 293 g/mol. The summed E-state index contributed by atoms with van der Waals surface area (Å²) in [6.07, 6.45) is -0.558. The molecule has 0 aromatic heterocycles. The molecule has 0 spiro atoms. The summed E-state index contributed by atoms with van der Waals surface area (Å²) < 4.78 is 0. The third-order valence-electron chi connectivity index (χ3n) is 3.21. The van der Waals surface area contributed by atoms with Gasteiger partial charge in [-0.2, -0.15) is 0 Å². The Balaban J connectivity index is 2.44. The molecule has 0 bridgehead atoms. The SMILES string of the molecule is CNCC(O)C(c1cccc(Cl)c1)c1cccc(Cl)c1. The number of hydrogen-bond acceptors (Lipinski definition) is 2. The van der Waals surface area contributed by atoms with Crippen LogP contribution in [-0.2, 0) is 0 Å². The van der Waals surface area contributed by atoms with Gasteiger partial charge < -0.3 is 10.4 Å². The minimum atomic E-state index is -0.558. The molecule has 1 atom stereocenters. The van der Waals surface area contributed by atoms with Crippen molar-refractivity contribution in [2.24, 2.45) is 0 Å². The molecule has 1 unspecified atom stereocenters. The fourth-order valence-corrected chi connectivity index (χ4v) is 2.76. The standard InChI is InChI=1S/C16H17Cl2NO/c1-19-10-15(20)16(11-4-2-6-13(17)8-11)12-5-3-7-14(18)9-12/h2-9,15-16,19-20H,10H2,1H3. The minimum absolute atomic E-state index is 0.167. The summed E-state index contributed by atoms with van der Waals surface area (Å²) in [4.78, 5) is 0. The zero-order valence-corrected chi connectivity index (χ0v) is 12.7. The molecule has 2 aromatic carbocycles. The quantitative estimate of drug-likeness (QED) is 0.882. The molecule has 0 amide bonds. The van der Waals surface area contributed by atoms with E-state index in [4.69, 9.17) is 23.2 Å². The van der Waals surface area contributed by atoms with Gasteiger partial charge in [-0.3, -0.25) is 0 Å². The molecule has 2 aromatic rings. The van der Waals surface area contributed by atoms with E-state index in [9.17, 15) is 5.11 Å². The van der Waals surface area contributed by atoms with Crippen LogP contribution in [0.2, 0.25) is 10.0 Å². The predicted molar refractivity (Wildman–Crippen MR) is 84.7 cm³/mol. The van der Waals surface area contributed by atoms with Crippen LogP contribution < -0.4 is 5.32 Å². The van der Waals surface area contributed by atoms with Crippen molar-refractivity contribution in [1.29, 1.82) is 0 Å². The second-order valence-electron chi connectivity index (χ2n) is 4.71. The Bertz CT molecular complexity index is 528. The fraction of sp³-hybridized carbons (Fsp3) is 0.250. The van der Waals surface area contributed by atoms with Gasteiger partial charge in [0.05, 0.1) is 6.10 Å². The van der Waals surface area contributed by atoms with Gasteiger partial charge >= 0.3 is 0 Å².